The minimum Gasteiger partial charge on any atom is -0.355 e. The molecule has 3 nitrogen and oxygen atoms in total. The van der Waals surface area contributed by atoms with Crippen molar-refractivity contribution in [2.45, 2.75) is 58.9 Å². The molecule has 1 aliphatic rings. The van der Waals surface area contributed by atoms with Gasteiger partial charge in [0.2, 0.25) is 5.91 Å². The summed E-state index contributed by atoms with van der Waals surface area (Å²) >= 11 is 0. The predicted molar refractivity (Wildman–Crippen MR) is 71.9 cm³/mol. The first-order valence-electron chi connectivity index (χ1n) is 7.11. The van der Waals surface area contributed by atoms with Crippen LogP contribution in [0.25, 0.3) is 0 Å². The Morgan fingerprint density at radius 1 is 1.35 bits per heavy atom. The number of carbonyl (C=O) groups excluding carboxylic acids is 1. The molecule has 0 aromatic carbocycles. The summed E-state index contributed by atoms with van der Waals surface area (Å²) in [5.74, 6) is 1.52. The number of carbonyl (C=O) groups is 1. The topological polar surface area (TPSA) is 41.1 Å². The van der Waals surface area contributed by atoms with Crippen LogP contribution in [0.2, 0.25) is 0 Å². The molecule has 0 radical (unpaired) electrons. The molecule has 1 saturated carbocycles. The molecule has 2 N–H and O–H groups in total. The molecule has 1 aliphatic carbocycles. The molecule has 0 bridgehead atoms. The Hall–Kier alpha value is -0.570. The van der Waals surface area contributed by atoms with E-state index in [9.17, 15) is 4.79 Å². The van der Waals surface area contributed by atoms with Gasteiger partial charge in [-0.25, -0.2) is 0 Å². The highest BCUT2D eigenvalue weighted by molar-refractivity contribution is 5.77. The predicted octanol–water partition coefficient (Wildman–Crippen LogP) is 2.32. The third-order valence-electron chi connectivity index (χ3n) is 3.62. The van der Waals surface area contributed by atoms with Gasteiger partial charge in [-0.05, 0) is 24.7 Å². The van der Waals surface area contributed by atoms with Crippen molar-refractivity contribution in [1.29, 1.82) is 0 Å². The van der Waals surface area contributed by atoms with Crippen LogP contribution in [-0.2, 0) is 4.79 Å². The quantitative estimate of drug-likeness (QED) is 0.748. The molecule has 0 saturated heterocycles. The minimum atomic E-state index is 0.136. The summed E-state index contributed by atoms with van der Waals surface area (Å²) in [6.45, 7) is 7.75. The van der Waals surface area contributed by atoms with E-state index in [0.717, 1.165) is 12.5 Å². The summed E-state index contributed by atoms with van der Waals surface area (Å²) in [4.78, 5) is 11.6. The Balaban J connectivity index is 2.14. The van der Waals surface area contributed by atoms with E-state index in [1.165, 1.54) is 32.1 Å². The van der Waals surface area contributed by atoms with Crippen molar-refractivity contribution in [3.63, 3.8) is 0 Å². The van der Waals surface area contributed by atoms with Crippen molar-refractivity contribution in [2.24, 2.45) is 11.8 Å². The standard InChI is InChI=1S/C14H28N2O/c1-4-12-6-5-7-13(8-12)15-10-14(17)16-9-11(2)3/h11-13,15H,4-10H2,1-3H3,(H,16,17). The van der Waals surface area contributed by atoms with Crippen LogP contribution in [0.3, 0.4) is 0 Å². The van der Waals surface area contributed by atoms with Crippen LogP contribution >= 0.6 is 0 Å². The average molecular weight is 240 g/mol. The first-order chi connectivity index (χ1) is 8.11. The summed E-state index contributed by atoms with van der Waals surface area (Å²) in [6, 6.07) is 0.554. The second-order valence-corrected chi connectivity index (χ2v) is 5.72. The normalized spacial score (nSPS) is 24.9. The molecule has 1 amide bonds. The molecule has 3 heteroatoms. The molecule has 0 heterocycles. The number of nitrogens with one attached hydrogen (secondary N) is 2. The molecule has 2 unspecified atom stereocenters. The third kappa shape index (κ3) is 6.06. The van der Waals surface area contributed by atoms with E-state index in [2.05, 4.69) is 31.4 Å². The Morgan fingerprint density at radius 3 is 2.76 bits per heavy atom. The van der Waals surface area contributed by atoms with Crippen LogP contribution in [0.4, 0.5) is 0 Å². The SMILES string of the molecule is CCC1CCCC(NCC(=O)NCC(C)C)C1. The van der Waals surface area contributed by atoms with E-state index in [1.807, 2.05) is 0 Å². The zero-order valence-electron chi connectivity index (χ0n) is 11.6. The van der Waals surface area contributed by atoms with E-state index < -0.39 is 0 Å². The number of rotatable bonds is 6. The lowest BCUT2D eigenvalue weighted by molar-refractivity contribution is -0.120. The molecule has 0 aromatic heterocycles. The third-order valence-corrected chi connectivity index (χ3v) is 3.62. The first-order valence-corrected chi connectivity index (χ1v) is 7.11. The number of hydrogen-bond donors (Lipinski definition) is 2. The van der Waals surface area contributed by atoms with Crippen LogP contribution in [0.1, 0.15) is 52.9 Å². The van der Waals surface area contributed by atoms with Gasteiger partial charge in [0.25, 0.3) is 0 Å². The van der Waals surface area contributed by atoms with Gasteiger partial charge in [0.05, 0.1) is 6.54 Å². The minimum absolute atomic E-state index is 0.136. The van der Waals surface area contributed by atoms with E-state index in [4.69, 9.17) is 0 Å². The zero-order chi connectivity index (χ0) is 12.7. The number of amides is 1. The summed E-state index contributed by atoms with van der Waals surface area (Å²) in [7, 11) is 0. The van der Waals surface area contributed by atoms with Crippen molar-refractivity contribution in [3.8, 4) is 0 Å². The number of hydrogen-bond acceptors (Lipinski definition) is 2. The van der Waals surface area contributed by atoms with Crippen LogP contribution < -0.4 is 10.6 Å². The fourth-order valence-corrected chi connectivity index (χ4v) is 2.46. The summed E-state index contributed by atoms with van der Waals surface area (Å²) in [5, 5.41) is 6.34. The largest absolute Gasteiger partial charge is 0.355 e. The lowest BCUT2D eigenvalue weighted by Crippen LogP contribution is -2.42. The molecule has 1 fully saturated rings. The maximum absolute atomic E-state index is 11.6. The summed E-state index contributed by atoms with van der Waals surface area (Å²) < 4.78 is 0. The molecular formula is C14H28N2O. The van der Waals surface area contributed by atoms with Gasteiger partial charge in [-0.2, -0.15) is 0 Å². The lowest BCUT2D eigenvalue weighted by Gasteiger charge is -2.29. The van der Waals surface area contributed by atoms with Crippen molar-refractivity contribution in [3.05, 3.63) is 0 Å². The summed E-state index contributed by atoms with van der Waals surface area (Å²) in [6.07, 6.45) is 6.43. The molecular weight excluding hydrogens is 212 g/mol. The van der Waals surface area contributed by atoms with Crippen LogP contribution in [0, 0.1) is 11.8 Å². The van der Waals surface area contributed by atoms with Gasteiger partial charge < -0.3 is 10.6 Å². The molecule has 2 atom stereocenters. The van der Waals surface area contributed by atoms with Crippen LogP contribution in [0.15, 0.2) is 0 Å². The highest BCUT2D eigenvalue weighted by Gasteiger charge is 2.20. The van der Waals surface area contributed by atoms with Gasteiger partial charge in [-0.3, -0.25) is 4.79 Å². The van der Waals surface area contributed by atoms with Crippen LogP contribution in [-0.4, -0.2) is 25.0 Å². The Kier molecular flexibility index (Phi) is 6.56. The molecule has 17 heavy (non-hydrogen) atoms. The fraction of sp³-hybridized carbons (Fsp3) is 0.929. The van der Waals surface area contributed by atoms with E-state index >= 15 is 0 Å². The van der Waals surface area contributed by atoms with E-state index in [0.29, 0.717) is 18.5 Å². The molecule has 0 aromatic rings. The maximum atomic E-state index is 11.6. The second-order valence-electron chi connectivity index (χ2n) is 5.72. The monoisotopic (exact) mass is 240 g/mol. The Bertz CT molecular complexity index is 228. The van der Waals surface area contributed by atoms with Gasteiger partial charge >= 0.3 is 0 Å². The maximum Gasteiger partial charge on any atom is 0.233 e. The molecule has 0 aliphatic heterocycles. The first kappa shape index (κ1) is 14.5. The van der Waals surface area contributed by atoms with E-state index in [-0.39, 0.29) is 5.91 Å². The smallest absolute Gasteiger partial charge is 0.233 e. The van der Waals surface area contributed by atoms with Gasteiger partial charge in [0.1, 0.15) is 0 Å². The van der Waals surface area contributed by atoms with Crippen LogP contribution in [0.5, 0.6) is 0 Å². The van der Waals surface area contributed by atoms with Gasteiger partial charge in [0.15, 0.2) is 0 Å². The lowest BCUT2D eigenvalue weighted by atomic mass is 9.84. The van der Waals surface area contributed by atoms with Gasteiger partial charge in [-0.15, -0.1) is 0 Å². The second kappa shape index (κ2) is 7.70. The average Bonchev–Trinajstić information content (AvgIpc) is 2.34. The molecule has 1 rings (SSSR count). The molecule has 100 valence electrons. The summed E-state index contributed by atoms with van der Waals surface area (Å²) in [5.41, 5.74) is 0. The van der Waals surface area contributed by atoms with Gasteiger partial charge in [0, 0.05) is 12.6 Å². The van der Waals surface area contributed by atoms with Crippen molar-refractivity contribution in [1.82, 2.24) is 10.6 Å². The Morgan fingerprint density at radius 2 is 2.12 bits per heavy atom. The van der Waals surface area contributed by atoms with Gasteiger partial charge in [-0.1, -0.05) is 40.0 Å². The fourth-order valence-electron chi connectivity index (χ4n) is 2.46. The Labute approximate surface area is 106 Å². The van der Waals surface area contributed by atoms with Crippen molar-refractivity contribution in [2.75, 3.05) is 13.1 Å². The van der Waals surface area contributed by atoms with Crippen molar-refractivity contribution < 1.29 is 4.79 Å². The zero-order valence-corrected chi connectivity index (χ0v) is 11.6. The highest BCUT2D eigenvalue weighted by Crippen LogP contribution is 2.26. The highest BCUT2D eigenvalue weighted by atomic mass is 16.1. The van der Waals surface area contributed by atoms with E-state index in [1.54, 1.807) is 0 Å². The molecule has 0 spiro atoms. The van der Waals surface area contributed by atoms with Crippen molar-refractivity contribution >= 4 is 5.91 Å².